The average Bonchev–Trinajstić information content (AvgIpc) is 2.29. The van der Waals surface area contributed by atoms with Crippen molar-refractivity contribution < 1.29 is 4.79 Å². The fraction of sp³-hybridized carbons (Fsp3) is 0.533. The molecule has 19 heavy (non-hydrogen) atoms. The maximum atomic E-state index is 12.1. The molecule has 0 aliphatic carbocycles. The van der Waals surface area contributed by atoms with Gasteiger partial charge in [-0.05, 0) is 17.4 Å². The van der Waals surface area contributed by atoms with Gasteiger partial charge in [0.2, 0.25) is 5.91 Å². The zero-order chi connectivity index (χ0) is 13.6. The molecule has 3 nitrogen and oxygen atoms in total. The number of hydrogen-bond acceptors (Lipinski definition) is 2. The van der Waals surface area contributed by atoms with Gasteiger partial charge in [0.25, 0.3) is 0 Å². The third-order valence-corrected chi connectivity index (χ3v) is 2.93. The molecule has 0 spiro atoms. The second-order valence-electron chi connectivity index (χ2n) is 5.80. The lowest BCUT2D eigenvalue weighted by Gasteiger charge is -2.20. The Morgan fingerprint density at radius 3 is 2.32 bits per heavy atom. The van der Waals surface area contributed by atoms with E-state index in [2.05, 4.69) is 26.1 Å². The monoisotopic (exact) mass is 284 g/mol. The predicted molar refractivity (Wildman–Crippen MR) is 82.6 cm³/mol. The van der Waals surface area contributed by atoms with Crippen molar-refractivity contribution in [3.05, 3.63) is 35.9 Å². The average molecular weight is 285 g/mol. The van der Waals surface area contributed by atoms with Crippen LogP contribution in [0.15, 0.2) is 30.3 Å². The molecule has 3 N–H and O–H groups in total. The van der Waals surface area contributed by atoms with Crippen molar-refractivity contribution in [3.8, 4) is 0 Å². The summed E-state index contributed by atoms with van der Waals surface area (Å²) < 4.78 is 0. The summed E-state index contributed by atoms with van der Waals surface area (Å²) in [6.07, 6.45) is 0.963. The molecule has 0 saturated carbocycles. The van der Waals surface area contributed by atoms with Gasteiger partial charge in [-0.1, -0.05) is 51.1 Å². The summed E-state index contributed by atoms with van der Waals surface area (Å²) >= 11 is 0. The van der Waals surface area contributed by atoms with E-state index >= 15 is 0 Å². The highest BCUT2D eigenvalue weighted by atomic mass is 35.5. The van der Waals surface area contributed by atoms with Gasteiger partial charge in [-0.3, -0.25) is 4.79 Å². The zero-order valence-electron chi connectivity index (χ0n) is 12.0. The number of nitrogens with two attached hydrogens (primary N) is 1. The van der Waals surface area contributed by atoms with Crippen molar-refractivity contribution in [3.63, 3.8) is 0 Å². The molecule has 0 heterocycles. The summed E-state index contributed by atoms with van der Waals surface area (Å²) in [6, 6.07) is 9.69. The van der Waals surface area contributed by atoms with Crippen LogP contribution in [0.3, 0.4) is 0 Å². The first-order valence-electron chi connectivity index (χ1n) is 6.47. The zero-order valence-corrected chi connectivity index (χ0v) is 12.8. The lowest BCUT2D eigenvalue weighted by molar-refractivity contribution is -0.122. The highest BCUT2D eigenvalue weighted by molar-refractivity contribution is 5.85. The molecule has 1 unspecified atom stereocenters. The third-order valence-electron chi connectivity index (χ3n) is 2.93. The van der Waals surface area contributed by atoms with E-state index in [1.165, 1.54) is 0 Å². The highest BCUT2D eigenvalue weighted by Crippen LogP contribution is 2.18. The van der Waals surface area contributed by atoms with Gasteiger partial charge in [-0.15, -0.1) is 12.4 Å². The second kappa shape index (κ2) is 8.18. The fourth-order valence-electron chi connectivity index (χ4n) is 1.76. The van der Waals surface area contributed by atoms with E-state index in [-0.39, 0.29) is 29.6 Å². The number of carbonyl (C=O) groups is 1. The van der Waals surface area contributed by atoms with E-state index in [1.807, 2.05) is 30.3 Å². The summed E-state index contributed by atoms with van der Waals surface area (Å²) in [5.74, 6) is -0.223. The largest absolute Gasteiger partial charge is 0.356 e. The van der Waals surface area contributed by atoms with Crippen LogP contribution >= 0.6 is 12.4 Å². The van der Waals surface area contributed by atoms with Gasteiger partial charge in [0.05, 0.1) is 5.92 Å². The maximum Gasteiger partial charge on any atom is 0.228 e. The summed E-state index contributed by atoms with van der Waals surface area (Å²) in [5.41, 5.74) is 6.92. The van der Waals surface area contributed by atoms with Gasteiger partial charge in [0, 0.05) is 13.1 Å². The molecule has 1 rings (SSSR count). The molecule has 0 bridgehead atoms. The maximum absolute atomic E-state index is 12.1. The number of nitrogens with one attached hydrogen (secondary N) is 1. The lowest BCUT2D eigenvalue weighted by Crippen LogP contribution is -2.35. The molecular formula is C15H25ClN2O. The van der Waals surface area contributed by atoms with Crippen LogP contribution < -0.4 is 11.1 Å². The first-order valence-corrected chi connectivity index (χ1v) is 6.47. The summed E-state index contributed by atoms with van der Waals surface area (Å²) in [6.45, 7) is 7.53. The molecule has 0 radical (unpaired) electrons. The Balaban J connectivity index is 0.00000324. The molecule has 0 aliphatic heterocycles. The van der Waals surface area contributed by atoms with Crippen molar-refractivity contribution in [2.24, 2.45) is 11.1 Å². The van der Waals surface area contributed by atoms with Crippen molar-refractivity contribution in [2.45, 2.75) is 33.1 Å². The van der Waals surface area contributed by atoms with Gasteiger partial charge < -0.3 is 11.1 Å². The van der Waals surface area contributed by atoms with E-state index in [1.54, 1.807) is 0 Å². The molecule has 1 aromatic carbocycles. The van der Waals surface area contributed by atoms with E-state index in [4.69, 9.17) is 5.73 Å². The number of hydrogen-bond donors (Lipinski definition) is 2. The smallest absolute Gasteiger partial charge is 0.228 e. The van der Waals surface area contributed by atoms with Crippen LogP contribution in [0.1, 0.15) is 38.7 Å². The Bertz CT molecular complexity index is 373. The number of rotatable bonds is 5. The van der Waals surface area contributed by atoms with Gasteiger partial charge in [0.1, 0.15) is 0 Å². The van der Waals surface area contributed by atoms with Crippen LogP contribution in [0.5, 0.6) is 0 Å². The number of carbonyl (C=O) groups excluding carboxylic acids is 1. The van der Waals surface area contributed by atoms with Crippen LogP contribution in [0, 0.1) is 5.41 Å². The van der Waals surface area contributed by atoms with Gasteiger partial charge in [0.15, 0.2) is 0 Å². The minimum atomic E-state index is -0.244. The summed E-state index contributed by atoms with van der Waals surface area (Å²) in [4.78, 5) is 12.1. The van der Waals surface area contributed by atoms with E-state index < -0.39 is 0 Å². The third kappa shape index (κ3) is 6.60. The van der Waals surface area contributed by atoms with Crippen LogP contribution in [0.2, 0.25) is 0 Å². The van der Waals surface area contributed by atoms with Gasteiger partial charge in [-0.2, -0.15) is 0 Å². The van der Waals surface area contributed by atoms with Crippen LogP contribution in [-0.4, -0.2) is 19.0 Å². The summed E-state index contributed by atoms with van der Waals surface area (Å²) in [5, 5.41) is 2.97. The first kappa shape index (κ1) is 17.9. The quantitative estimate of drug-likeness (QED) is 0.873. The Morgan fingerprint density at radius 2 is 1.84 bits per heavy atom. The summed E-state index contributed by atoms with van der Waals surface area (Å²) in [7, 11) is 0. The van der Waals surface area contributed by atoms with Crippen LogP contribution in [0.4, 0.5) is 0 Å². The van der Waals surface area contributed by atoms with E-state index in [0.717, 1.165) is 12.0 Å². The van der Waals surface area contributed by atoms with Gasteiger partial charge >= 0.3 is 0 Å². The Morgan fingerprint density at radius 1 is 1.26 bits per heavy atom. The Kier molecular flexibility index (Phi) is 7.72. The minimum Gasteiger partial charge on any atom is -0.356 e. The van der Waals surface area contributed by atoms with E-state index in [9.17, 15) is 4.79 Å². The number of halogens is 1. The SMILES string of the molecule is CC(C)(C)CCNC(=O)C(CN)c1ccccc1.Cl. The Labute approximate surface area is 122 Å². The van der Waals surface area contributed by atoms with Crippen LogP contribution in [-0.2, 0) is 4.79 Å². The molecule has 108 valence electrons. The molecular weight excluding hydrogens is 260 g/mol. The number of amides is 1. The van der Waals surface area contributed by atoms with Crippen LogP contribution in [0.25, 0.3) is 0 Å². The normalized spacial score (nSPS) is 12.4. The molecule has 0 saturated heterocycles. The lowest BCUT2D eigenvalue weighted by atomic mass is 9.92. The molecule has 1 aromatic rings. The molecule has 0 aliphatic rings. The molecule has 1 amide bonds. The van der Waals surface area contributed by atoms with Gasteiger partial charge in [-0.25, -0.2) is 0 Å². The van der Waals surface area contributed by atoms with Crippen molar-refractivity contribution in [2.75, 3.05) is 13.1 Å². The molecule has 4 heteroatoms. The topological polar surface area (TPSA) is 55.1 Å². The van der Waals surface area contributed by atoms with Crippen molar-refractivity contribution in [1.82, 2.24) is 5.32 Å². The minimum absolute atomic E-state index is 0. The Hall–Kier alpha value is -1.06. The second-order valence-corrected chi connectivity index (χ2v) is 5.80. The standard InChI is InChI=1S/C15H24N2O.ClH/c1-15(2,3)9-10-17-14(18)13(11-16)12-7-5-4-6-8-12;/h4-8,13H,9-11,16H2,1-3H3,(H,17,18);1H. The fourth-order valence-corrected chi connectivity index (χ4v) is 1.76. The predicted octanol–water partition coefficient (Wildman–Crippen LogP) is 2.70. The molecule has 0 aromatic heterocycles. The van der Waals surface area contributed by atoms with Crippen molar-refractivity contribution in [1.29, 1.82) is 0 Å². The van der Waals surface area contributed by atoms with Crippen molar-refractivity contribution >= 4 is 18.3 Å². The number of benzene rings is 1. The molecule has 0 fully saturated rings. The first-order chi connectivity index (χ1) is 8.44. The van der Waals surface area contributed by atoms with E-state index in [0.29, 0.717) is 13.1 Å². The highest BCUT2D eigenvalue weighted by Gasteiger charge is 2.19. The molecule has 1 atom stereocenters.